The lowest BCUT2D eigenvalue weighted by Crippen LogP contribution is -2.56. The van der Waals surface area contributed by atoms with Crippen LogP contribution in [-0.4, -0.2) is 78.6 Å². The fourth-order valence-corrected chi connectivity index (χ4v) is 6.57. The normalized spacial score (nSPS) is 27.6. The Labute approximate surface area is 214 Å². The molecule has 0 radical (unpaired) electrons. The van der Waals surface area contributed by atoms with E-state index in [2.05, 4.69) is 29.3 Å². The summed E-state index contributed by atoms with van der Waals surface area (Å²) in [4.78, 5) is 45.4. The predicted octanol–water partition coefficient (Wildman–Crippen LogP) is 3.80. The van der Waals surface area contributed by atoms with Gasteiger partial charge >= 0.3 is 6.03 Å². The molecule has 5 rings (SSSR count). The second-order valence-electron chi connectivity index (χ2n) is 10.9. The number of carbonyl (C=O) groups excluding carboxylic acids is 3. The molecular weight excluding hydrogens is 456 g/mol. The van der Waals surface area contributed by atoms with Gasteiger partial charge in [0, 0.05) is 44.0 Å². The van der Waals surface area contributed by atoms with Crippen LogP contribution in [0.1, 0.15) is 75.1 Å². The standard InChI is InChI=1S/C28H40N4O4/c1-2-14-28(26(34)32(27(35)29-28)20-24-7-6-19-36-24)22-12-17-31(18-13-22)25(33)21-8-10-23(11-9-21)30-15-4-3-5-16-30/h8-11,22,24H,2-7,12-20H2,1H3,(H,29,35)/t24-,28-/m0/s1. The molecule has 196 valence electrons. The molecule has 2 atom stereocenters. The third-order valence-electron chi connectivity index (χ3n) is 8.57. The van der Waals surface area contributed by atoms with Gasteiger partial charge in [-0.05, 0) is 81.5 Å². The average molecular weight is 497 g/mol. The van der Waals surface area contributed by atoms with E-state index in [4.69, 9.17) is 4.74 Å². The second-order valence-corrected chi connectivity index (χ2v) is 10.9. The van der Waals surface area contributed by atoms with Gasteiger partial charge in [0.25, 0.3) is 11.8 Å². The maximum absolute atomic E-state index is 13.6. The highest BCUT2D eigenvalue weighted by Gasteiger charge is 2.55. The molecule has 4 amide bonds. The Morgan fingerprint density at radius 1 is 1.00 bits per heavy atom. The topological polar surface area (TPSA) is 82.2 Å². The summed E-state index contributed by atoms with van der Waals surface area (Å²) >= 11 is 0. The summed E-state index contributed by atoms with van der Waals surface area (Å²) in [5, 5.41) is 3.10. The van der Waals surface area contributed by atoms with Crippen LogP contribution in [0.5, 0.6) is 0 Å². The maximum atomic E-state index is 13.6. The zero-order valence-electron chi connectivity index (χ0n) is 21.5. The highest BCUT2D eigenvalue weighted by Crippen LogP contribution is 2.38. The van der Waals surface area contributed by atoms with E-state index < -0.39 is 5.54 Å². The number of ether oxygens (including phenoxy) is 1. The Morgan fingerprint density at radius 2 is 1.72 bits per heavy atom. The number of piperidine rings is 2. The molecule has 0 aliphatic carbocycles. The van der Waals surface area contributed by atoms with Crippen LogP contribution in [0.25, 0.3) is 0 Å². The van der Waals surface area contributed by atoms with Crippen molar-refractivity contribution in [3.8, 4) is 0 Å². The molecule has 8 heteroatoms. The van der Waals surface area contributed by atoms with E-state index in [9.17, 15) is 14.4 Å². The molecule has 4 fully saturated rings. The third-order valence-corrected chi connectivity index (χ3v) is 8.57. The summed E-state index contributed by atoms with van der Waals surface area (Å²) in [5.41, 5.74) is 1.04. The fourth-order valence-electron chi connectivity index (χ4n) is 6.57. The first kappa shape index (κ1) is 25.1. The number of hydrogen-bond donors (Lipinski definition) is 1. The highest BCUT2D eigenvalue weighted by molar-refractivity contribution is 6.07. The maximum Gasteiger partial charge on any atom is 0.325 e. The molecule has 0 unspecified atom stereocenters. The van der Waals surface area contributed by atoms with Gasteiger partial charge in [-0.15, -0.1) is 0 Å². The summed E-state index contributed by atoms with van der Waals surface area (Å²) in [5.74, 6) is -0.0400. The van der Waals surface area contributed by atoms with E-state index in [1.165, 1.54) is 29.8 Å². The van der Waals surface area contributed by atoms with E-state index in [1.807, 2.05) is 17.0 Å². The number of rotatable bonds is 7. The third kappa shape index (κ3) is 4.84. The molecule has 1 aromatic rings. The van der Waals surface area contributed by atoms with Crippen LogP contribution in [0.15, 0.2) is 24.3 Å². The summed E-state index contributed by atoms with van der Waals surface area (Å²) in [6.45, 7) is 6.44. The molecule has 4 aliphatic heterocycles. The lowest BCUT2D eigenvalue weighted by Gasteiger charge is -2.41. The zero-order valence-corrected chi connectivity index (χ0v) is 21.5. The first-order valence-corrected chi connectivity index (χ1v) is 13.9. The van der Waals surface area contributed by atoms with Gasteiger partial charge in [0.05, 0.1) is 12.6 Å². The van der Waals surface area contributed by atoms with E-state index in [0.717, 1.165) is 32.4 Å². The van der Waals surface area contributed by atoms with Crippen LogP contribution in [0.4, 0.5) is 10.5 Å². The van der Waals surface area contributed by atoms with E-state index in [1.54, 1.807) is 0 Å². The van der Waals surface area contributed by atoms with Gasteiger partial charge in [0.2, 0.25) is 0 Å². The predicted molar refractivity (Wildman–Crippen MR) is 138 cm³/mol. The van der Waals surface area contributed by atoms with Gasteiger partial charge in [-0.25, -0.2) is 4.79 Å². The van der Waals surface area contributed by atoms with Gasteiger partial charge in [0.15, 0.2) is 0 Å². The van der Waals surface area contributed by atoms with E-state index in [0.29, 0.717) is 51.1 Å². The number of amides is 4. The molecule has 1 N–H and O–H groups in total. The molecule has 4 saturated heterocycles. The van der Waals surface area contributed by atoms with Gasteiger partial charge in [-0.3, -0.25) is 14.5 Å². The second kappa shape index (κ2) is 10.8. The van der Waals surface area contributed by atoms with Crippen molar-refractivity contribution < 1.29 is 19.1 Å². The first-order chi connectivity index (χ1) is 17.5. The molecule has 36 heavy (non-hydrogen) atoms. The Kier molecular flexibility index (Phi) is 7.51. The van der Waals surface area contributed by atoms with Crippen LogP contribution < -0.4 is 10.2 Å². The monoisotopic (exact) mass is 496 g/mol. The Morgan fingerprint density at radius 3 is 2.36 bits per heavy atom. The Balaban J connectivity index is 1.22. The summed E-state index contributed by atoms with van der Waals surface area (Å²) in [7, 11) is 0. The highest BCUT2D eigenvalue weighted by atomic mass is 16.5. The lowest BCUT2D eigenvalue weighted by atomic mass is 9.74. The zero-order chi connectivity index (χ0) is 25.1. The van der Waals surface area contributed by atoms with Gasteiger partial charge < -0.3 is 19.9 Å². The minimum absolute atomic E-state index is 0.0222. The van der Waals surface area contributed by atoms with Crippen molar-refractivity contribution in [3.63, 3.8) is 0 Å². The van der Waals surface area contributed by atoms with Crippen molar-refractivity contribution in [2.75, 3.05) is 44.2 Å². The van der Waals surface area contributed by atoms with Gasteiger partial charge in [-0.1, -0.05) is 13.3 Å². The number of urea groups is 1. The smallest absolute Gasteiger partial charge is 0.325 e. The van der Waals surface area contributed by atoms with Gasteiger partial charge in [-0.2, -0.15) is 0 Å². The van der Waals surface area contributed by atoms with Crippen molar-refractivity contribution in [2.45, 2.75) is 76.4 Å². The summed E-state index contributed by atoms with van der Waals surface area (Å²) < 4.78 is 5.69. The molecule has 4 heterocycles. The van der Waals surface area contributed by atoms with Crippen LogP contribution in [0.3, 0.4) is 0 Å². The quantitative estimate of drug-likeness (QED) is 0.581. The number of nitrogens with zero attached hydrogens (tertiary/aromatic N) is 3. The van der Waals surface area contributed by atoms with Crippen molar-refractivity contribution in [3.05, 3.63) is 29.8 Å². The summed E-state index contributed by atoms with van der Waals surface area (Å²) in [6, 6.07) is 7.73. The summed E-state index contributed by atoms with van der Waals surface area (Å²) in [6.07, 6.45) is 8.39. The minimum Gasteiger partial charge on any atom is -0.376 e. The number of imide groups is 1. The average Bonchev–Trinajstić information content (AvgIpc) is 3.52. The molecule has 0 saturated carbocycles. The van der Waals surface area contributed by atoms with Crippen LogP contribution >= 0.6 is 0 Å². The molecule has 0 aromatic heterocycles. The molecule has 0 spiro atoms. The largest absolute Gasteiger partial charge is 0.376 e. The SMILES string of the molecule is CCC[C@@]1(C2CCN(C(=O)c3ccc(N4CCCCC4)cc3)CC2)NC(=O)N(C[C@@H]2CCCO2)C1=O. The van der Waals surface area contributed by atoms with Crippen LogP contribution in [0.2, 0.25) is 0 Å². The molecule has 1 aromatic carbocycles. The van der Waals surface area contributed by atoms with Crippen molar-refractivity contribution in [1.82, 2.24) is 15.1 Å². The molecule has 4 aliphatic rings. The van der Waals surface area contributed by atoms with Crippen molar-refractivity contribution in [1.29, 1.82) is 0 Å². The number of likely N-dealkylation sites (tertiary alicyclic amines) is 1. The fraction of sp³-hybridized carbons (Fsp3) is 0.679. The molecule has 8 nitrogen and oxygen atoms in total. The van der Waals surface area contributed by atoms with Crippen molar-refractivity contribution >= 4 is 23.5 Å². The minimum atomic E-state index is -0.865. The number of carbonyl (C=O) groups is 3. The van der Waals surface area contributed by atoms with Crippen LogP contribution in [0, 0.1) is 5.92 Å². The Bertz CT molecular complexity index is 947. The Hall–Kier alpha value is -2.61. The molecular formula is C28H40N4O4. The van der Waals surface area contributed by atoms with Gasteiger partial charge in [0.1, 0.15) is 5.54 Å². The number of benzene rings is 1. The van der Waals surface area contributed by atoms with Crippen LogP contribution in [-0.2, 0) is 9.53 Å². The number of hydrogen-bond acceptors (Lipinski definition) is 5. The van der Waals surface area contributed by atoms with Crippen molar-refractivity contribution in [2.24, 2.45) is 5.92 Å². The van der Waals surface area contributed by atoms with E-state index in [-0.39, 0.29) is 29.9 Å². The number of anilines is 1. The van der Waals surface area contributed by atoms with E-state index >= 15 is 0 Å². The lowest BCUT2D eigenvalue weighted by molar-refractivity contribution is -0.135. The molecule has 0 bridgehead atoms. The first-order valence-electron chi connectivity index (χ1n) is 13.9. The number of nitrogens with one attached hydrogen (secondary N) is 1.